The lowest BCUT2D eigenvalue weighted by atomic mass is 10.0. The summed E-state index contributed by atoms with van der Waals surface area (Å²) in [6, 6.07) is 5.04. The number of aromatic nitrogens is 2. The molecule has 0 saturated carbocycles. The molecule has 132 valence electrons. The molecule has 1 aliphatic rings. The molecule has 0 spiro atoms. The Hall–Kier alpha value is -2.12. The van der Waals surface area contributed by atoms with E-state index in [1.54, 1.807) is 18.2 Å². The summed E-state index contributed by atoms with van der Waals surface area (Å²) in [7, 11) is 0. The fourth-order valence-electron chi connectivity index (χ4n) is 2.97. The van der Waals surface area contributed by atoms with Gasteiger partial charge in [-0.05, 0) is 44.4 Å². The van der Waals surface area contributed by atoms with Crippen LogP contribution in [-0.4, -0.2) is 27.5 Å². The maximum Gasteiger partial charge on any atom is 0.353 e. The Bertz CT molecular complexity index is 802. The third-order valence-corrected chi connectivity index (χ3v) is 4.81. The van der Waals surface area contributed by atoms with E-state index >= 15 is 0 Å². The normalized spacial score (nSPS) is 17.4. The van der Waals surface area contributed by atoms with Gasteiger partial charge in [-0.15, -0.1) is 0 Å². The first-order valence-corrected chi connectivity index (χ1v) is 8.71. The monoisotopic (exact) mass is 381 g/mol. The molecular formula is C16H17Cl2N5O2. The predicted molar refractivity (Wildman–Crippen MR) is 99.1 cm³/mol. The van der Waals surface area contributed by atoms with E-state index in [1.807, 2.05) is 11.8 Å². The number of rotatable bonds is 4. The zero-order valence-electron chi connectivity index (χ0n) is 13.6. The largest absolute Gasteiger partial charge is 0.353 e. The Morgan fingerprint density at radius 3 is 2.84 bits per heavy atom. The molecule has 0 aliphatic carbocycles. The fraction of sp³-hybridized carbons (Fsp3) is 0.375. The van der Waals surface area contributed by atoms with Crippen molar-refractivity contribution in [3.05, 3.63) is 44.7 Å². The summed E-state index contributed by atoms with van der Waals surface area (Å²) in [5.74, 6) is 0.421. The van der Waals surface area contributed by atoms with Gasteiger partial charge < -0.3 is 10.2 Å². The van der Waals surface area contributed by atoms with Crippen LogP contribution in [0, 0.1) is 10.1 Å². The summed E-state index contributed by atoms with van der Waals surface area (Å²) in [5, 5.41) is 15.5. The van der Waals surface area contributed by atoms with Crippen LogP contribution in [0.15, 0.2) is 24.5 Å². The molecular weight excluding hydrogens is 365 g/mol. The van der Waals surface area contributed by atoms with Crippen molar-refractivity contribution in [2.45, 2.75) is 32.2 Å². The number of piperidine rings is 1. The minimum absolute atomic E-state index is 0.0944. The highest BCUT2D eigenvalue weighted by Gasteiger charge is 2.31. The highest BCUT2D eigenvalue weighted by molar-refractivity contribution is 6.35. The summed E-state index contributed by atoms with van der Waals surface area (Å²) < 4.78 is 0. The van der Waals surface area contributed by atoms with Crippen molar-refractivity contribution < 1.29 is 4.92 Å². The molecule has 1 aromatic heterocycles. The number of halogens is 2. The highest BCUT2D eigenvalue weighted by atomic mass is 35.5. The number of benzene rings is 1. The van der Waals surface area contributed by atoms with Crippen molar-refractivity contribution in [3.8, 4) is 0 Å². The first kappa shape index (κ1) is 17.7. The third kappa shape index (κ3) is 3.77. The second-order valence-corrected chi connectivity index (χ2v) is 6.78. The lowest BCUT2D eigenvalue weighted by Crippen LogP contribution is -2.38. The van der Waals surface area contributed by atoms with E-state index in [4.69, 9.17) is 23.2 Å². The van der Waals surface area contributed by atoms with E-state index in [2.05, 4.69) is 15.3 Å². The van der Waals surface area contributed by atoms with Crippen LogP contribution < -0.4 is 10.2 Å². The maximum absolute atomic E-state index is 11.7. The molecule has 0 amide bonds. The average molecular weight is 382 g/mol. The molecule has 1 fully saturated rings. The lowest BCUT2D eigenvalue weighted by molar-refractivity contribution is -0.383. The zero-order chi connectivity index (χ0) is 18.0. The van der Waals surface area contributed by atoms with Gasteiger partial charge in [0.25, 0.3) is 0 Å². The SMILES string of the molecule is CC1CCCCN1c1ncnc(Nc2cc(Cl)ccc2Cl)c1[N+](=O)[O-]. The summed E-state index contributed by atoms with van der Waals surface area (Å²) >= 11 is 12.1. The summed E-state index contributed by atoms with van der Waals surface area (Å²) in [5.41, 5.74) is 0.293. The van der Waals surface area contributed by atoms with Gasteiger partial charge in [0, 0.05) is 17.6 Å². The van der Waals surface area contributed by atoms with E-state index in [1.165, 1.54) is 6.33 Å². The van der Waals surface area contributed by atoms with E-state index in [9.17, 15) is 10.1 Å². The molecule has 25 heavy (non-hydrogen) atoms. The lowest BCUT2D eigenvalue weighted by Gasteiger charge is -2.33. The molecule has 1 atom stereocenters. The molecule has 0 radical (unpaired) electrons. The molecule has 1 unspecified atom stereocenters. The van der Waals surface area contributed by atoms with Crippen molar-refractivity contribution in [2.24, 2.45) is 0 Å². The van der Waals surface area contributed by atoms with Crippen molar-refractivity contribution in [1.82, 2.24) is 9.97 Å². The summed E-state index contributed by atoms with van der Waals surface area (Å²) in [6.07, 6.45) is 4.39. The van der Waals surface area contributed by atoms with Gasteiger partial charge in [-0.3, -0.25) is 10.1 Å². The molecule has 3 rings (SSSR count). The first-order valence-electron chi connectivity index (χ1n) is 7.95. The van der Waals surface area contributed by atoms with E-state index in [0.717, 1.165) is 25.8 Å². The van der Waals surface area contributed by atoms with Gasteiger partial charge in [-0.2, -0.15) is 0 Å². The molecule has 2 heterocycles. The summed E-state index contributed by atoms with van der Waals surface area (Å²) in [6.45, 7) is 2.78. The van der Waals surface area contributed by atoms with Gasteiger partial charge in [0.15, 0.2) is 0 Å². The second kappa shape index (κ2) is 7.41. The van der Waals surface area contributed by atoms with Crippen molar-refractivity contribution in [3.63, 3.8) is 0 Å². The van der Waals surface area contributed by atoms with Crippen LogP contribution in [0.4, 0.5) is 23.0 Å². The number of nitrogens with one attached hydrogen (secondary N) is 1. The van der Waals surface area contributed by atoms with Crippen LogP contribution in [-0.2, 0) is 0 Å². The Labute approximate surface area is 155 Å². The maximum atomic E-state index is 11.7. The predicted octanol–water partition coefficient (Wildman–Crippen LogP) is 4.81. The smallest absolute Gasteiger partial charge is 0.348 e. The zero-order valence-corrected chi connectivity index (χ0v) is 15.1. The first-order chi connectivity index (χ1) is 12.0. The van der Waals surface area contributed by atoms with Crippen LogP contribution >= 0.6 is 23.2 Å². The van der Waals surface area contributed by atoms with Gasteiger partial charge >= 0.3 is 5.69 Å². The quantitative estimate of drug-likeness (QED) is 0.603. The molecule has 7 nitrogen and oxygen atoms in total. The standard InChI is InChI=1S/C16H17Cl2N5O2/c1-10-4-2-3-7-22(10)16-14(23(24)25)15(19-9-20-16)21-13-8-11(17)5-6-12(13)18/h5-6,8-10H,2-4,7H2,1H3,(H,19,20,21). The number of anilines is 3. The van der Waals surface area contributed by atoms with E-state index in [0.29, 0.717) is 21.6 Å². The molecule has 9 heteroatoms. The summed E-state index contributed by atoms with van der Waals surface area (Å²) in [4.78, 5) is 21.5. The van der Waals surface area contributed by atoms with Crippen LogP contribution in [0.5, 0.6) is 0 Å². The Kier molecular flexibility index (Phi) is 5.24. The van der Waals surface area contributed by atoms with Gasteiger partial charge in [0.2, 0.25) is 11.6 Å². The van der Waals surface area contributed by atoms with Crippen molar-refractivity contribution in [2.75, 3.05) is 16.8 Å². The van der Waals surface area contributed by atoms with Gasteiger partial charge in [-0.1, -0.05) is 23.2 Å². The second-order valence-electron chi connectivity index (χ2n) is 5.94. The Morgan fingerprint density at radius 1 is 1.32 bits per heavy atom. The van der Waals surface area contributed by atoms with Gasteiger partial charge in [0.1, 0.15) is 6.33 Å². The molecule has 1 aliphatic heterocycles. The molecule has 1 saturated heterocycles. The third-order valence-electron chi connectivity index (χ3n) is 4.24. The number of hydrogen-bond donors (Lipinski definition) is 1. The molecule has 1 aromatic carbocycles. The van der Waals surface area contributed by atoms with Gasteiger partial charge in [-0.25, -0.2) is 9.97 Å². The highest BCUT2D eigenvalue weighted by Crippen LogP contribution is 2.37. The average Bonchev–Trinajstić information content (AvgIpc) is 2.58. The van der Waals surface area contributed by atoms with E-state index in [-0.39, 0.29) is 17.5 Å². The number of nitro groups is 1. The minimum Gasteiger partial charge on any atom is -0.348 e. The Balaban J connectivity index is 2.03. The fourth-order valence-corrected chi connectivity index (χ4v) is 3.31. The van der Waals surface area contributed by atoms with Crippen LogP contribution in [0.1, 0.15) is 26.2 Å². The number of hydrogen-bond acceptors (Lipinski definition) is 6. The Morgan fingerprint density at radius 2 is 2.12 bits per heavy atom. The van der Waals surface area contributed by atoms with Crippen molar-refractivity contribution >= 4 is 46.2 Å². The number of nitrogens with zero attached hydrogens (tertiary/aromatic N) is 4. The molecule has 2 aromatic rings. The van der Waals surface area contributed by atoms with Crippen LogP contribution in [0.25, 0.3) is 0 Å². The minimum atomic E-state index is -0.461. The molecule has 0 bridgehead atoms. The van der Waals surface area contributed by atoms with Gasteiger partial charge in [0.05, 0.1) is 15.6 Å². The molecule has 1 N–H and O–H groups in total. The van der Waals surface area contributed by atoms with Crippen LogP contribution in [0.2, 0.25) is 10.0 Å². The van der Waals surface area contributed by atoms with E-state index < -0.39 is 4.92 Å². The topological polar surface area (TPSA) is 84.2 Å². The van der Waals surface area contributed by atoms with Crippen LogP contribution in [0.3, 0.4) is 0 Å². The van der Waals surface area contributed by atoms with Crippen molar-refractivity contribution in [1.29, 1.82) is 0 Å².